The molecule has 3 heteroatoms. The van der Waals surface area contributed by atoms with E-state index in [4.69, 9.17) is 9.15 Å². The van der Waals surface area contributed by atoms with Gasteiger partial charge >= 0.3 is 0 Å². The summed E-state index contributed by atoms with van der Waals surface area (Å²) in [7, 11) is 2.08. The highest BCUT2D eigenvalue weighted by Gasteiger charge is 2.23. The molecule has 0 radical (unpaired) electrons. The fraction of sp³-hybridized carbons (Fsp3) is 0.179. The third-order valence-corrected chi connectivity index (χ3v) is 6.44. The smallest absolute Gasteiger partial charge is 0.216 e. The molecule has 31 heavy (non-hydrogen) atoms. The summed E-state index contributed by atoms with van der Waals surface area (Å²) in [6.07, 6.45) is 4.16. The maximum Gasteiger partial charge on any atom is 0.216 e. The fourth-order valence-electron chi connectivity index (χ4n) is 4.92. The van der Waals surface area contributed by atoms with Crippen molar-refractivity contribution >= 4 is 21.9 Å². The number of hydrogen-bond acceptors (Lipinski definition) is 2. The van der Waals surface area contributed by atoms with Gasteiger partial charge in [0.05, 0.1) is 12.2 Å². The average molecular weight is 407 g/mol. The predicted molar refractivity (Wildman–Crippen MR) is 124 cm³/mol. The van der Waals surface area contributed by atoms with Gasteiger partial charge in [-0.05, 0) is 43.0 Å². The summed E-state index contributed by atoms with van der Waals surface area (Å²) in [5.41, 5.74) is 9.04. The lowest BCUT2D eigenvalue weighted by atomic mass is 9.93. The van der Waals surface area contributed by atoms with Crippen LogP contribution in [0.25, 0.3) is 44.3 Å². The first-order valence-corrected chi connectivity index (χ1v) is 10.9. The number of aromatic nitrogens is 1. The van der Waals surface area contributed by atoms with Gasteiger partial charge in [-0.25, -0.2) is 4.57 Å². The molecule has 3 heterocycles. The highest BCUT2D eigenvalue weighted by molar-refractivity contribution is 6.13. The van der Waals surface area contributed by atoms with Gasteiger partial charge in [-0.15, -0.1) is 0 Å². The van der Waals surface area contributed by atoms with Crippen molar-refractivity contribution in [2.24, 2.45) is 7.05 Å². The number of para-hydroxylation sites is 1. The van der Waals surface area contributed by atoms with E-state index in [2.05, 4.69) is 91.5 Å². The molecular formula is C28H24NO2+. The number of aryl methyl sites for hydroxylation is 2. The summed E-state index contributed by atoms with van der Waals surface area (Å²) < 4.78 is 14.8. The zero-order chi connectivity index (χ0) is 20.9. The number of nitrogens with zero attached hydrogens (tertiary/aromatic N) is 1. The summed E-state index contributed by atoms with van der Waals surface area (Å²) in [5.74, 6) is 1.00. The Hall–Kier alpha value is -3.59. The molecule has 0 saturated carbocycles. The van der Waals surface area contributed by atoms with E-state index in [1.165, 1.54) is 16.7 Å². The number of rotatable bonds is 2. The maximum absolute atomic E-state index is 6.70. The summed E-state index contributed by atoms with van der Waals surface area (Å²) >= 11 is 0. The topological polar surface area (TPSA) is 26.2 Å². The van der Waals surface area contributed by atoms with Crippen molar-refractivity contribution in [3.05, 3.63) is 84.1 Å². The van der Waals surface area contributed by atoms with E-state index >= 15 is 0 Å². The molecule has 2 aromatic heterocycles. The molecular weight excluding hydrogens is 382 g/mol. The van der Waals surface area contributed by atoms with E-state index < -0.39 is 0 Å². The van der Waals surface area contributed by atoms with Crippen molar-refractivity contribution in [3.63, 3.8) is 0 Å². The zero-order valence-corrected chi connectivity index (χ0v) is 17.8. The van der Waals surface area contributed by atoms with Crippen LogP contribution in [0.4, 0.5) is 0 Å². The molecule has 3 nitrogen and oxygen atoms in total. The minimum absolute atomic E-state index is 0.794. The van der Waals surface area contributed by atoms with E-state index in [0.29, 0.717) is 0 Å². The van der Waals surface area contributed by atoms with Gasteiger partial charge < -0.3 is 9.15 Å². The van der Waals surface area contributed by atoms with Crippen molar-refractivity contribution in [2.45, 2.75) is 19.8 Å². The lowest BCUT2D eigenvalue weighted by Crippen LogP contribution is -2.30. The van der Waals surface area contributed by atoms with Crippen molar-refractivity contribution in [1.82, 2.24) is 0 Å². The summed E-state index contributed by atoms with van der Waals surface area (Å²) in [6, 6.07) is 23.5. The summed E-state index contributed by atoms with van der Waals surface area (Å²) in [4.78, 5) is 0. The zero-order valence-electron chi connectivity index (χ0n) is 17.8. The first kappa shape index (κ1) is 18.2. The first-order chi connectivity index (χ1) is 15.2. The Morgan fingerprint density at radius 3 is 2.55 bits per heavy atom. The highest BCUT2D eigenvalue weighted by atomic mass is 16.5. The standard InChI is InChI=1S/C28H24NO2/c1-18-14-15-23-22-10-5-9-21(19-8-6-13-25-20(19)11-7-17-30-25)27(22)31-28(23)26(18)24-12-3-4-16-29(24)2/h3-6,8-10,12-16H,7,11,17H2,1-2H3/q+1. The molecule has 0 atom stereocenters. The predicted octanol–water partition coefficient (Wildman–Crippen LogP) is 6.38. The lowest BCUT2D eigenvalue weighted by molar-refractivity contribution is -0.660. The number of hydrogen-bond donors (Lipinski definition) is 0. The van der Waals surface area contributed by atoms with Crippen molar-refractivity contribution in [1.29, 1.82) is 0 Å². The molecule has 0 unspecified atom stereocenters. The minimum Gasteiger partial charge on any atom is -0.493 e. The molecule has 0 amide bonds. The van der Waals surface area contributed by atoms with Crippen LogP contribution in [0.3, 0.4) is 0 Å². The molecule has 3 aromatic carbocycles. The van der Waals surface area contributed by atoms with Crippen molar-refractivity contribution < 1.29 is 13.7 Å². The normalized spacial score (nSPS) is 13.4. The monoisotopic (exact) mass is 406 g/mol. The molecule has 0 fully saturated rings. The second-order valence-electron chi connectivity index (χ2n) is 8.35. The minimum atomic E-state index is 0.794. The number of benzene rings is 3. The molecule has 1 aliphatic heterocycles. The quantitative estimate of drug-likeness (QED) is 0.318. The number of pyridine rings is 1. The van der Waals surface area contributed by atoms with Crippen LogP contribution in [0.15, 0.2) is 77.3 Å². The van der Waals surface area contributed by atoms with Crippen LogP contribution < -0.4 is 9.30 Å². The van der Waals surface area contributed by atoms with Gasteiger partial charge in [-0.2, -0.15) is 0 Å². The molecule has 0 aliphatic carbocycles. The third-order valence-electron chi connectivity index (χ3n) is 6.44. The molecule has 0 N–H and O–H groups in total. The Morgan fingerprint density at radius 1 is 0.806 bits per heavy atom. The molecule has 5 aromatic rings. The van der Waals surface area contributed by atoms with Gasteiger partial charge in [0.1, 0.15) is 24.0 Å². The second kappa shape index (κ2) is 6.98. The summed E-state index contributed by atoms with van der Waals surface area (Å²) in [5, 5.41) is 2.31. The number of furan rings is 1. The third kappa shape index (κ3) is 2.77. The van der Waals surface area contributed by atoms with Crippen LogP contribution in [-0.2, 0) is 13.5 Å². The maximum atomic E-state index is 6.70. The van der Waals surface area contributed by atoms with Crippen LogP contribution in [0.2, 0.25) is 0 Å². The Balaban J connectivity index is 1.68. The largest absolute Gasteiger partial charge is 0.493 e. The summed E-state index contributed by atoms with van der Waals surface area (Å²) in [6.45, 7) is 2.95. The van der Waals surface area contributed by atoms with E-state index in [0.717, 1.165) is 64.0 Å². The van der Waals surface area contributed by atoms with Crippen LogP contribution in [-0.4, -0.2) is 6.61 Å². The fourth-order valence-corrected chi connectivity index (χ4v) is 4.92. The van der Waals surface area contributed by atoms with Gasteiger partial charge in [-0.3, -0.25) is 0 Å². The highest BCUT2D eigenvalue weighted by Crippen LogP contribution is 2.42. The van der Waals surface area contributed by atoms with Crippen molar-refractivity contribution in [2.75, 3.05) is 6.61 Å². The lowest BCUT2D eigenvalue weighted by Gasteiger charge is -2.20. The van der Waals surface area contributed by atoms with E-state index in [1.807, 2.05) is 0 Å². The van der Waals surface area contributed by atoms with E-state index in [9.17, 15) is 0 Å². The van der Waals surface area contributed by atoms with Gasteiger partial charge in [0, 0.05) is 34.0 Å². The van der Waals surface area contributed by atoms with Gasteiger partial charge in [0.2, 0.25) is 5.69 Å². The Morgan fingerprint density at radius 2 is 1.65 bits per heavy atom. The molecule has 0 bridgehead atoms. The Bertz CT molecular complexity index is 1460. The molecule has 0 spiro atoms. The van der Waals surface area contributed by atoms with Gasteiger partial charge in [-0.1, -0.05) is 42.5 Å². The van der Waals surface area contributed by atoms with Gasteiger partial charge in [0.25, 0.3) is 0 Å². The Kier molecular flexibility index (Phi) is 4.10. The van der Waals surface area contributed by atoms with Crippen molar-refractivity contribution in [3.8, 4) is 28.1 Å². The van der Waals surface area contributed by atoms with Crippen LogP contribution >= 0.6 is 0 Å². The van der Waals surface area contributed by atoms with Gasteiger partial charge in [0.15, 0.2) is 6.20 Å². The number of fused-ring (bicyclic) bond motifs is 4. The Labute approximate surface area is 181 Å². The second-order valence-corrected chi connectivity index (χ2v) is 8.35. The SMILES string of the molecule is Cc1ccc2c(oc3c(-c4cccc5c4CCCO5)cccc32)c1-c1cccc[n+]1C. The molecule has 152 valence electrons. The average Bonchev–Trinajstić information content (AvgIpc) is 3.18. The van der Waals surface area contributed by atoms with E-state index in [-0.39, 0.29) is 0 Å². The molecule has 0 saturated heterocycles. The van der Waals surface area contributed by atoms with Crippen LogP contribution in [0.1, 0.15) is 17.5 Å². The molecule has 1 aliphatic rings. The first-order valence-electron chi connectivity index (χ1n) is 10.9. The number of ether oxygens (including phenoxy) is 1. The van der Waals surface area contributed by atoms with E-state index in [1.54, 1.807) is 0 Å². The van der Waals surface area contributed by atoms with Crippen LogP contribution in [0, 0.1) is 6.92 Å². The molecule has 6 rings (SSSR count). The van der Waals surface area contributed by atoms with Crippen LogP contribution in [0.5, 0.6) is 5.75 Å².